The van der Waals surface area contributed by atoms with Gasteiger partial charge in [-0.3, -0.25) is 10.2 Å². The van der Waals surface area contributed by atoms with Gasteiger partial charge in [-0.05, 0) is 65.2 Å². The fourth-order valence-electron chi connectivity index (χ4n) is 3.31. The molecule has 1 heterocycles. The van der Waals surface area contributed by atoms with Crippen molar-refractivity contribution in [1.82, 2.24) is 10.4 Å². The van der Waals surface area contributed by atoms with Crippen molar-refractivity contribution in [3.8, 4) is 5.75 Å². The van der Waals surface area contributed by atoms with Crippen LogP contribution in [0.5, 0.6) is 5.75 Å². The van der Waals surface area contributed by atoms with Gasteiger partial charge in [0.15, 0.2) is 0 Å². The van der Waals surface area contributed by atoms with Gasteiger partial charge in [0, 0.05) is 6.08 Å². The lowest BCUT2D eigenvalue weighted by Crippen LogP contribution is -2.38. The maximum atomic E-state index is 13.4. The number of carbonyl (C=O) groups excluding carboxylic acids is 1. The van der Waals surface area contributed by atoms with Gasteiger partial charge in [0.25, 0.3) is 5.91 Å². The monoisotopic (exact) mass is 400 g/mol. The highest BCUT2D eigenvalue weighted by molar-refractivity contribution is 5.93. The molecule has 0 radical (unpaired) electrons. The van der Waals surface area contributed by atoms with Gasteiger partial charge >= 0.3 is 0 Å². The van der Waals surface area contributed by atoms with E-state index in [4.69, 9.17) is 4.74 Å². The van der Waals surface area contributed by atoms with Crippen LogP contribution >= 0.6 is 0 Å². The number of ether oxygens (including phenoxy) is 1. The summed E-state index contributed by atoms with van der Waals surface area (Å²) in [4.78, 5) is 13.0. The molecule has 0 saturated heterocycles. The largest absolute Gasteiger partial charge is 0.497 e. The molecule has 1 N–H and O–H groups in total. The first-order chi connectivity index (χ1) is 14.6. The van der Waals surface area contributed by atoms with Crippen LogP contribution in [0.3, 0.4) is 0 Å². The van der Waals surface area contributed by atoms with Crippen LogP contribution in [0.4, 0.5) is 4.39 Å². The molecule has 0 aliphatic carbocycles. The first-order valence-electron chi connectivity index (χ1n) is 9.59. The first-order valence-corrected chi connectivity index (χ1v) is 9.59. The number of methoxy groups -OCH3 is 1. The molecule has 0 bridgehead atoms. The second-order valence-corrected chi connectivity index (χ2v) is 6.87. The zero-order chi connectivity index (χ0) is 20.9. The first kappa shape index (κ1) is 19.5. The lowest BCUT2D eigenvalue weighted by atomic mass is 10.0. The molecule has 150 valence electrons. The lowest BCUT2D eigenvalue weighted by molar-refractivity contribution is -0.129. The zero-order valence-corrected chi connectivity index (χ0v) is 16.5. The SMILES string of the molecule is COc1ccc(C2=C[C@H](c3ccc(F)cc3)N(C(=O)/C=C/c3ccccc3)N2)cc1. The van der Waals surface area contributed by atoms with Gasteiger partial charge in [0.05, 0.1) is 18.8 Å². The summed E-state index contributed by atoms with van der Waals surface area (Å²) in [7, 11) is 1.62. The number of hydrogen-bond acceptors (Lipinski definition) is 3. The average Bonchev–Trinajstić information content (AvgIpc) is 3.24. The van der Waals surface area contributed by atoms with E-state index in [1.54, 1.807) is 30.3 Å². The van der Waals surface area contributed by atoms with Crippen LogP contribution in [0.1, 0.15) is 22.7 Å². The summed E-state index contributed by atoms with van der Waals surface area (Å²) in [5.41, 5.74) is 6.67. The molecule has 0 fully saturated rings. The third-order valence-corrected chi connectivity index (χ3v) is 4.91. The van der Waals surface area contributed by atoms with Crippen molar-refractivity contribution in [3.05, 3.63) is 114 Å². The second-order valence-electron chi connectivity index (χ2n) is 6.87. The van der Waals surface area contributed by atoms with Gasteiger partial charge in [0.2, 0.25) is 0 Å². The number of benzene rings is 3. The summed E-state index contributed by atoms with van der Waals surface area (Å²) in [5.74, 6) is 0.241. The summed E-state index contributed by atoms with van der Waals surface area (Å²) in [6.07, 6.45) is 5.27. The minimum Gasteiger partial charge on any atom is -0.497 e. The van der Waals surface area contributed by atoms with Crippen LogP contribution in [0.25, 0.3) is 11.8 Å². The summed E-state index contributed by atoms with van der Waals surface area (Å²) < 4.78 is 18.6. The molecule has 4 rings (SSSR count). The van der Waals surface area contributed by atoms with Gasteiger partial charge < -0.3 is 4.74 Å². The molecule has 30 heavy (non-hydrogen) atoms. The normalized spacial score (nSPS) is 15.7. The summed E-state index contributed by atoms with van der Waals surface area (Å²) in [5, 5.41) is 1.55. The average molecular weight is 400 g/mol. The van der Waals surface area contributed by atoms with Crippen molar-refractivity contribution in [2.24, 2.45) is 0 Å². The third kappa shape index (κ3) is 4.25. The van der Waals surface area contributed by atoms with E-state index in [0.29, 0.717) is 0 Å². The van der Waals surface area contributed by atoms with Gasteiger partial charge in [0.1, 0.15) is 11.6 Å². The Morgan fingerprint density at radius 2 is 1.70 bits per heavy atom. The van der Waals surface area contributed by atoms with Crippen LogP contribution in [0, 0.1) is 5.82 Å². The number of nitrogens with zero attached hydrogens (tertiary/aromatic N) is 1. The van der Waals surface area contributed by atoms with Gasteiger partial charge in [-0.2, -0.15) is 0 Å². The van der Waals surface area contributed by atoms with Gasteiger partial charge in [-0.1, -0.05) is 42.5 Å². The Kier molecular flexibility index (Phi) is 5.61. The second kappa shape index (κ2) is 8.66. The fraction of sp³-hybridized carbons (Fsp3) is 0.0800. The van der Waals surface area contributed by atoms with E-state index < -0.39 is 0 Å². The number of hydrazine groups is 1. The third-order valence-electron chi connectivity index (χ3n) is 4.91. The smallest absolute Gasteiger partial charge is 0.265 e. The number of hydrogen-bond donors (Lipinski definition) is 1. The Labute approximate surface area is 174 Å². The lowest BCUT2D eigenvalue weighted by Gasteiger charge is -2.24. The Morgan fingerprint density at radius 3 is 2.37 bits per heavy atom. The van der Waals surface area contributed by atoms with Crippen LogP contribution in [-0.2, 0) is 4.79 Å². The van der Waals surface area contributed by atoms with Gasteiger partial charge in [-0.25, -0.2) is 9.40 Å². The molecule has 0 aromatic heterocycles. The molecular formula is C25H21FN2O2. The van der Waals surface area contributed by atoms with Crippen molar-refractivity contribution in [3.63, 3.8) is 0 Å². The molecule has 0 saturated carbocycles. The van der Waals surface area contributed by atoms with Crippen LogP contribution in [0.2, 0.25) is 0 Å². The highest BCUT2D eigenvalue weighted by Gasteiger charge is 2.29. The minimum atomic E-state index is -0.365. The van der Waals surface area contributed by atoms with Crippen LogP contribution in [0.15, 0.2) is 91.0 Å². The van der Waals surface area contributed by atoms with E-state index in [0.717, 1.165) is 28.1 Å². The summed E-state index contributed by atoms with van der Waals surface area (Å²) in [6.45, 7) is 0. The molecule has 1 aliphatic rings. The standard InChI is InChI=1S/C25H21FN2O2/c1-30-22-14-10-19(11-15-22)23-17-24(20-8-12-21(26)13-9-20)28(27-23)25(29)16-7-18-5-3-2-4-6-18/h2-17,24,27H,1H3/b16-7+/t24-/m1/s1. The number of carbonyl (C=O) groups is 1. The number of amides is 1. The Hall–Kier alpha value is -3.86. The molecule has 3 aromatic carbocycles. The Bertz CT molecular complexity index is 1070. The summed E-state index contributed by atoms with van der Waals surface area (Å²) in [6, 6.07) is 23.0. The molecule has 0 unspecified atom stereocenters. The van der Waals surface area contributed by atoms with E-state index in [-0.39, 0.29) is 17.8 Å². The Morgan fingerprint density at radius 1 is 1.00 bits per heavy atom. The van der Waals surface area contributed by atoms with Crippen LogP contribution in [-0.4, -0.2) is 18.0 Å². The van der Waals surface area contributed by atoms with Crippen molar-refractivity contribution in [2.75, 3.05) is 7.11 Å². The van der Waals surface area contributed by atoms with Crippen molar-refractivity contribution < 1.29 is 13.9 Å². The van der Waals surface area contributed by atoms with E-state index in [9.17, 15) is 9.18 Å². The predicted octanol–water partition coefficient (Wildman–Crippen LogP) is 4.98. The number of halogens is 1. The van der Waals surface area contributed by atoms with E-state index >= 15 is 0 Å². The quantitative estimate of drug-likeness (QED) is 0.615. The Balaban J connectivity index is 1.63. The van der Waals surface area contributed by atoms with Gasteiger partial charge in [-0.15, -0.1) is 0 Å². The van der Waals surface area contributed by atoms with E-state index in [1.165, 1.54) is 18.2 Å². The van der Waals surface area contributed by atoms with E-state index in [2.05, 4.69) is 5.43 Å². The fourth-order valence-corrected chi connectivity index (χ4v) is 3.31. The highest BCUT2D eigenvalue weighted by atomic mass is 19.1. The predicted molar refractivity (Wildman–Crippen MR) is 116 cm³/mol. The maximum absolute atomic E-state index is 13.4. The van der Waals surface area contributed by atoms with E-state index in [1.807, 2.05) is 60.7 Å². The highest BCUT2D eigenvalue weighted by Crippen LogP contribution is 2.32. The molecule has 0 spiro atoms. The maximum Gasteiger partial charge on any atom is 0.265 e. The van der Waals surface area contributed by atoms with Crippen molar-refractivity contribution in [1.29, 1.82) is 0 Å². The topological polar surface area (TPSA) is 41.6 Å². The van der Waals surface area contributed by atoms with Crippen molar-refractivity contribution in [2.45, 2.75) is 6.04 Å². The molecule has 1 atom stereocenters. The molecule has 4 nitrogen and oxygen atoms in total. The number of nitrogens with one attached hydrogen (secondary N) is 1. The molecule has 1 amide bonds. The van der Waals surface area contributed by atoms with Crippen molar-refractivity contribution >= 4 is 17.7 Å². The minimum absolute atomic E-state index is 0.201. The number of rotatable bonds is 5. The molecular weight excluding hydrogens is 379 g/mol. The molecule has 5 heteroatoms. The summed E-state index contributed by atoms with van der Waals surface area (Å²) >= 11 is 0. The van der Waals surface area contributed by atoms with Crippen LogP contribution < -0.4 is 10.2 Å². The molecule has 3 aromatic rings. The molecule has 1 aliphatic heterocycles. The zero-order valence-electron chi connectivity index (χ0n) is 16.5.